The van der Waals surface area contributed by atoms with Crippen molar-refractivity contribution in [1.82, 2.24) is 5.32 Å². The van der Waals surface area contributed by atoms with E-state index in [-0.39, 0.29) is 5.94 Å². The summed E-state index contributed by atoms with van der Waals surface area (Å²) in [5.41, 5.74) is 0. The van der Waals surface area contributed by atoms with Crippen LogP contribution >= 0.6 is 0 Å². The third-order valence-corrected chi connectivity index (χ3v) is 1.28. The van der Waals surface area contributed by atoms with Gasteiger partial charge in [-0.1, -0.05) is 0 Å². The number of hydrogen-bond donors (Lipinski definition) is 2. The molecule has 0 aliphatic carbocycles. The van der Waals surface area contributed by atoms with Gasteiger partial charge in [0.2, 0.25) is 0 Å². The first-order valence-electron chi connectivity index (χ1n) is 2.64. The van der Waals surface area contributed by atoms with Crippen LogP contribution in [0.25, 0.3) is 0 Å². The molecule has 2 N–H and O–H groups in total. The highest BCUT2D eigenvalue weighted by Gasteiger charge is 2.12. The number of rotatable bonds is 1. The summed E-state index contributed by atoms with van der Waals surface area (Å²) in [6.45, 7) is 1.06. The summed E-state index contributed by atoms with van der Waals surface area (Å²) in [7, 11) is 1.23. The lowest BCUT2D eigenvalue weighted by atomic mass is 9.88. The van der Waals surface area contributed by atoms with Crippen molar-refractivity contribution < 1.29 is 5.02 Å². The number of hydrogen-bond acceptors (Lipinski definition) is 2. The van der Waals surface area contributed by atoms with Gasteiger partial charge in [0.05, 0.1) is 0 Å². The average Bonchev–Trinajstić information content (AvgIpc) is 2.14. The molecule has 0 bridgehead atoms. The van der Waals surface area contributed by atoms with Crippen molar-refractivity contribution in [2.24, 2.45) is 0 Å². The molecule has 0 aromatic rings. The standard InChI is InChI=1S/C4H9BNO/c7-5-4-2-1-3-6-4/h4,6-7H,1-3H2. The minimum atomic E-state index is 0.278. The van der Waals surface area contributed by atoms with E-state index in [4.69, 9.17) is 5.02 Å². The SMILES string of the molecule is O[B]C1CCCN1. The van der Waals surface area contributed by atoms with E-state index < -0.39 is 0 Å². The van der Waals surface area contributed by atoms with Crippen LogP contribution in [0.4, 0.5) is 0 Å². The Bertz CT molecular complexity index is 53.7. The van der Waals surface area contributed by atoms with Crippen LogP contribution < -0.4 is 5.32 Å². The summed E-state index contributed by atoms with van der Waals surface area (Å²) in [4.78, 5) is 0. The summed E-state index contributed by atoms with van der Waals surface area (Å²) >= 11 is 0. The van der Waals surface area contributed by atoms with Crippen LogP contribution in [-0.2, 0) is 0 Å². The first-order valence-corrected chi connectivity index (χ1v) is 2.64. The molecule has 3 heteroatoms. The van der Waals surface area contributed by atoms with E-state index in [0.717, 1.165) is 13.0 Å². The van der Waals surface area contributed by atoms with Gasteiger partial charge in [-0.15, -0.1) is 0 Å². The molecule has 7 heavy (non-hydrogen) atoms. The maximum Gasteiger partial charge on any atom is 0.305 e. The molecule has 0 aromatic carbocycles. The zero-order chi connectivity index (χ0) is 5.11. The van der Waals surface area contributed by atoms with E-state index in [0.29, 0.717) is 0 Å². The summed E-state index contributed by atoms with van der Waals surface area (Å²) < 4.78 is 0. The second-order valence-electron chi connectivity index (χ2n) is 1.85. The molecule has 1 aliphatic heterocycles. The van der Waals surface area contributed by atoms with Crippen molar-refractivity contribution >= 4 is 7.48 Å². The van der Waals surface area contributed by atoms with E-state index >= 15 is 0 Å². The van der Waals surface area contributed by atoms with Gasteiger partial charge in [0.25, 0.3) is 0 Å². The highest BCUT2D eigenvalue weighted by Crippen LogP contribution is 2.00. The Hall–Kier alpha value is -0.0151. The fraction of sp³-hybridized carbons (Fsp3) is 1.00. The summed E-state index contributed by atoms with van der Waals surface area (Å²) in [5, 5.41) is 11.5. The van der Waals surface area contributed by atoms with Gasteiger partial charge in [0, 0.05) is 5.94 Å². The van der Waals surface area contributed by atoms with Gasteiger partial charge in [-0.2, -0.15) is 0 Å². The van der Waals surface area contributed by atoms with Gasteiger partial charge in [0.1, 0.15) is 0 Å². The molecule has 1 atom stereocenters. The molecule has 1 fully saturated rings. The molecule has 39 valence electrons. The normalized spacial score (nSPS) is 30.7. The van der Waals surface area contributed by atoms with Crippen molar-refractivity contribution in [3.05, 3.63) is 0 Å². The zero-order valence-electron chi connectivity index (χ0n) is 4.22. The fourth-order valence-corrected chi connectivity index (χ4v) is 0.839. The fourth-order valence-electron chi connectivity index (χ4n) is 0.839. The highest BCUT2D eigenvalue weighted by atomic mass is 16.2. The smallest absolute Gasteiger partial charge is 0.305 e. The van der Waals surface area contributed by atoms with Crippen LogP contribution in [0.5, 0.6) is 0 Å². The van der Waals surface area contributed by atoms with E-state index in [2.05, 4.69) is 5.32 Å². The monoisotopic (exact) mass is 98.1 g/mol. The van der Waals surface area contributed by atoms with Crippen molar-refractivity contribution in [2.75, 3.05) is 6.54 Å². The molecule has 0 amide bonds. The van der Waals surface area contributed by atoms with Gasteiger partial charge in [0.15, 0.2) is 0 Å². The molecular weight excluding hydrogens is 88.9 g/mol. The lowest BCUT2D eigenvalue weighted by Crippen LogP contribution is -2.27. The molecule has 2 nitrogen and oxygen atoms in total. The van der Waals surface area contributed by atoms with Crippen molar-refractivity contribution in [1.29, 1.82) is 0 Å². The molecule has 1 aliphatic rings. The zero-order valence-corrected chi connectivity index (χ0v) is 4.22. The average molecular weight is 97.9 g/mol. The molecule has 0 saturated carbocycles. The van der Waals surface area contributed by atoms with Crippen LogP contribution in [-0.4, -0.2) is 25.0 Å². The van der Waals surface area contributed by atoms with E-state index in [1.807, 2.05) is 0 Å². The van der Waals surface area contributed by atoms with Crippen molar-refractivity contribution in [2.45, 2.75) is 18.8 Å². The molecular formula is C4H9BNO. The second kappa shape index (κ2) is 2.33. The molecule has 0 aromatic heterocycles. The van der Waals surface area contributed by atoms with Crippen molar-refractivity contribution in [3.8, 4) is 0 Å². The lowest BCUT2D eigenvalue weighted by Gasteiger charge is -1.98. The van der Waals surface area contributed by atoms with Gasteiger partial charge in [-0.05, 0) is 19.4 Å². The van der Waals surface area contributed by atoms with Crippen LogP contribution in [0.15, 0.2) is 0 Å². The first kappa shape index (κ1) is 5.13. The van der Waals surface area contributed by atoms with Crippen LogP contribution in [0, 0.1) is 0 Å². The largest absolute Gasteiger partial charge is 0.453 e. The highest BCUT2D eigenvalue weighted by molar-refractivity contribution is 6.27. The summed E-state index contributed by atoms with van der Waals surface area (Å²) in [5.74, 6) is 0.278. The maximum absolute atomic E-state index is 8.38. The Morgan fingerprint density at radius 3 is 2.86 bits per heavy atom. The predicted octanol–water partition coefficient (Wildman–Crippen LogP) is -0.693. The Labute approximate surface area is 44.2 Å². The minimum Gasteiger partial charge on any atom is -0.453 e. The third-order valence-electron chi connectivity index (χ3n) is 1.28. The first-order chi connectivity index (χ1) is 3.43. The van der Waals surface area contributed by atoms with E-state index in [1.165, 1.54) is 13.9 Å². The Morgan fingerprint density at radius 1 is 1.71 bits per heavy atom. The molecule has 1 heterocycles. The Morgan fingerprint density at radius 2 is 2.57 bits per heavy atom. The Kier molecular flexibility index (Phi) is 1.71. The van der Waals surface area contributed by atoms with E-state index in [9.17, 15) is 0 Å². The molecule has 1 rings (SSSR count). The summed E-state index contributed by atoms with van der Waals surface area (Å²) in [6, 6.07) is 0. The lowest BCUT2D eigenvalue weighted by molar-refractivity contribution is 0.566. The van der Waals surface area contributed by atoms with E-state index in [1.54, 1.807) is 0 Å². The third kappa shape index (κ3) is 1.18. The Balaban J connectivity index is 2.14. The van der Waals surface area contributed by atoms with Crippen LogP contribution in [0.1, 0.15) is 12.8 Å². The molecule has 1 saturated heterocycles. The predicted molar refractivity (Wildman–Crippen MR) is 29.0 cm³/mol. The molecule has 0 spiro atoms. The van der Waals surface area contributed by atoms with Crippen molar-refractivity contribution in [3.63, 3.8) is 0 Å². The summed E-state index contributed by atoms with van der Waals surface area (Å²) in [6.07, 6.45) is 2.29. The topological polar surface area (TPSA) is 32.3 Å². The molecule has 1 radical (unpaired) electrons. The second-order valence-corrected chi connectivity index (χ2v) is 1.85. The number of nitrogens with one attached hydrogen (secondary N) is 1. The van der Waals surface area contributed by atoms with Gasteiger partial charge < -0.3 is 10.3 Å². The van der Waals surface area contributed by atoms with Gasteiger partial charge in [-0.25, -0.2) is 0 Å². The van der Waals surface area contributed by atoms with Gasteiger partial charge in [-0.3, -0.25) is 0 Å². The molecule has 1 unspecified atom stereocenters. The maximum atomic E-state index is 8.38. The van der Waals surface area contributed by atoms with Crippen LogP contribution in [0.2, 0.25) is 0 Å². The quantitative estimate of drug-likeness (QED) is 0.425. The van der Waals surface area contributed by atoms with Crippen LogP contribution in [0.3, 0.4) is 0 Å². The minimum absolute atomic E-state index is 0.278. The van der Waals surface area contributed by atoms with Gasteiger partial charge >= 0.3 is 7.48 Å².